The summed E-state index contributed by atoms with van der Waals surface area (Å²) >= 11 is 0. The van der Waals surface area contributed by atoms with Gasteiger partial charge in [-0.05, 0) is 0 Å². The fourth-order valence-electron chi connectivity index (χ4n) is 3.47. The highest BCUT2D eigenvalue weighted by atomic mass is 19.1. The maximum Gasteiger partial charge on any atom is 0.279 e. The molecule has 0 amide bonds. The monoisotopic (exact) mass is 405 g/mol. The van der Waals surface area contributed by atoms with Crippen molar-refractivity contribution in [3.63, 3.8) is 0 Å². The zero-order valence-electron chi connectivity index (χ0n) is 15.9. The van der Waals surface area contributed by atoms with E-state index in [1.54, 1.807) is 18.0 Å². The van der Waals surface area contributed by atoms with Gasteiger partial charge < -0.3 is 25.3 Å². The average molecular weight is 405 g/mol. The quantitative estimate of drug-likeness (QED) is 0.640. The Labute approximate surface area is 164 Å². The molecule has 0 aliphatic carbocycles. The number of nitrogens with two attached hydrogens (primary N) is 1. The normalized spacial score (nSPS) is 14.6. The van der Waals surface area contributed by atoms with Crippen molar-refractivity contribution in [3.8, 4) is 5.75 Å². The molecule has 0 atom stereocenters. The first-order chi connectivity index (χ1) is 14.0. The molecule has 29 heavy (non-hydrogen) atoms. The summed E-state index contributed by atoms with van der Waals surface area (Å²) in [5.74, 6) is -0.620. The molecule has 0 unspecified atom stereocenters. The molecule has 1 aliphatic heterocycles. The van der Waals surface area contributed by atoms with Gasteiger partial charge in [0.1, 0.15) is 23.9 Å². The molecule has 3 N–H and O–H groups in total. The van der Waals surface area contributed by atoms with Crippen LogP contribution in [0.2, 0.25) is 0 Å². The standard InChI is InChI=1S/C18H21F2N7O2/c1-25-14-10-15(22-18(28)16(14)23-24-25)26-3-5-27(6-4-26)17-12(19)8-11(9-13(17)20)29-7-2-21/h8-10H,2-7,21H2,1H3,(H,22,28). The van der Waals surface area contributed by atoms with Crippen molar-refractivity contribution in [2.24, 2.45) is 12.8 Å². The van der Waals surface area contributed by atoms with Crippen LogP contribution < -0.4 is 25.8 Å². The Bertz CT molecular complexity index is 1070. The molecule has 154 valence electrons. The van der Waals surface area contributed by atoms with E-state index >= 15 is 0 Å². The number of hydrogen-bond acceptors (Lipinski definition) is 7. The second-order valence-corrected chi connectivity index (χ2v) is 6.78. The molecule has 0 radical (unpaired) electrons. The summed E-state index contributed by atoms with van der Waals surface area (Å²) in [6, 6.07) is 4.14. The second kappa shape index (κ2) is 7.66. The first kappa shape index (κ1) is 19.1. The van der Waals surface area contributed by atoms with E-state index in [9.17, 15) is 13.6 Å². The van der Waals surface area contributed by atoms with E-state index in [4.69, 9.17) is 10.5 Å². The summed E-state index contributed by atoms with van der Waals surface area (Å²) in [6.45, 7) is 2.19. The molecule has 1 aromatic carbocycles. The number of H-pyrrole nitrogens is 1. The van der Waals surface area contributed by atoms with Crippen molar-refractivity contribution in [2.75, 3.05) is 49.1 Å². The van der Waals surface area contributed by atoms with Crippen LogP contribution in [-0.2, 0) is 7.05 Å². The SMILES string of the molecule is Cn1nnc2c(=O)[nH]c(N3CCN(c4c(F)cc(OCCN)cc4F)CC3)cc21. The minimum absolute atomic E-state index is 0.0791. The van der Waals surface area contributed by atoms with Crippen LogP contribution in [-0.4, -0.2) is 59.3 Å². The van der Waals surface area contributed by atoms with Gasteiger partial charge in [-0.2, -0.15) is 0 Å². The lowest BCUT2D eigenvalue weighted by molar-refractivity contribution is 0.324. The molecule has 0 saturated carbocycles. The molecule has 11 heteroatoms. The molecular weight excluding hydrogens is 384 g/mol. The molecular formula is C18H21F2N7O2. The summed E-state index contributed by atoms with van der Waals surface area (Å²) < 4.78 is 35.8. The smallest absolute Gasteiger partial charge is 0.279 e. The van der Waals surface area contributed by atoms with E-state index in [-0.39, 0.29) is 35.7 Å². The number of pyridine rings is 1. The number of aromatic amines is 1. The summed E-state index contributed by atoms with van der Waals surface area (Å²) in [5.41, 5.74) is 5.84. The van der Waals surface area contributed by atoms with Crippen LogP contribution in [0.1, 0.15) is 0 Å². The van der Waals surface area contributed by atoms with E-state index in [1.165, 1.54) is 16.8 Å². The number of rotatable bonds is 5. The molecule has 1 aliphatic rings. The summed E-state index contributed by atoms with van der Waals surface area (Å²) in [6.07, 6.45) is 0. The Morgan fingerprint density at radius 1 is 1.14 bits per heavy atom. The Kier molecular flexibility index (Phi) is 5.05. The number of aryl methyl sites for hydroxylation is 1. The van der Waals surface area contributed by atoms with Crippen molar-refractivity contribution >= 4 is 22.5 Å². The molecule has 1 saturated heterocycles. The zero-order chi connectivity index (χ0) is 20.5. The fourth-order valence-corrected chi connectivity index (χ4v) is 3.47. The third kappa shape index (κ3) is 3.60. The Morgan fingerprint density at radius 2 is 1.79 bits per heavy atom. The first-order valence-electron chi connectivity index (χ1n) is 9.22. The van der Waals surface area contributed by atoms with Crippen LogP contribution in [0, 0.1) is 11.6 Å². The summed E-state index contributed by atoms with van der Waals surface area (Å²) in [5, 5.41) is 7.70. The number of hydrogen-bond donors (Lipinski definition) is 2. The Balaban J connectivity index is 1.51. The predicted octanol–water partition coefficient (Wildman–Crippen LogP) is 0.599. The third-order valence-corrected chi connectivity index (χ3v) is 4.91. The van der Waals surface area contributed by atoms with Crippen molar-refractivity contribution in [1.82, 2.24) is 20.0 Å². The number of benzene rings is 1. The van der Waals surface area contributed by atoms with Gasteiger partial charge in [-0.1, -0.05) is 5.21 Å². The molecule has 3 aromatic rings. The van der Waals surface area contributed by atoms with Crippen molar-refractivity contribution in [3.05, 3.63) is 40.2 Å². The topological polar surface area (TPSA) is 105 Å². The lowest BCUT2D eigenvalue weighted by Crippen LogP contribution is -2.47. The maximum absolute atomic E-state index is 14.5. The number of aromatic nitrogens is 4. The van der Waals surface area contributed by atoms with Gasteiger partial charge in [0, 0.05) is 58.0 Å². The number of fused-ring (bicyclic) bond motifs is 1. The minimum atomic E-state index is -0.679. The number of nitrogens with zero attached hydrogens (tertiary/aromatic N) is 5. The van der Waals surface area contributed by atoms with E-state index in [0.29, 0.717) is 37.5 Å². The third-order valence-electron chi connectivity index (χ3n) is 4.91. The molecule has 0 spiro atoms. The lowest BCUT2D eigenvalue weighted by Gasteiger charge is -2.37. The number of halogens is 2. The highest BCUT2D eigenvalue weighted by Crippen LogP contribution is 2.29. The molecule has 0 bridgehead atoms. The van der Waals surface area contributed by atoms with E-state index < -0.39 is 11.6 Å². The van der Waals surface area contributed by atoms with Gasteiger partial charge in [0.25, 0.3) is 5.56 Å². The van der Waals surface area contributed by atoms with Crippen LogP contribution in [0.4, 0.5) is 20.3 Å². The summed E-state index contributed by atoms with van der Waals surface area (Å²) in [4.78, 5) is 18.6. The number of nitrogens with one attached hydrogen (secondary N) is 1. The minimum Gasteiger partial charge on any atom is -0.492 e. The van der Waals surface area contributed by atoms with Gasteiger partial charge in [-0.25, -0.2) is 13.5 Å². The van der Waals surface area contributed by atoms with Gasteiger partial charge in [-0.15, -0.1) is 5.10 Å². The van der Waals surface area contributed by atoms with E-state index in [2.05, 4.69) is 15.3 Å². The van der Waals surface area contributed by atoms with Crippen LogP contribution in [0.15, 0.2) is 23.0 Å². The molecule has 9 nitrogen and oxygen atoms in total. The van der Waals surface area contributed by atoms with Crippen LogP contribution in [0.3, 0.4) is 0 Å². The first-order valence-corrected chi connectivity index (χ1v) is 9.22. The van der Waals surface area contributed by atoms with E-state index in [1.807, 2.05) is 4.90 Å². The van der Waals surface area contributed by atoms with Crippen LogP contribution >= 0.6 is 0 Å². The van der Waals surface area contributed by atoms with Crippen molar-refractivity contribution in [1.29, 1.82) is 0 Å². The maximum atomic E-state index is 14.5. The fraction of sp³-hybridized carbons (Fsp3) is 0.389. The molecule has 3 heterocycles. The zero-order valence-corrected chi connectivity index (χ0v) is 15.9. The largest absolute Gasteiger partial charge is 0.492 e. The van der Waals surface area contributed by atoms with Crippen molar-refractivity contribution < 1.29 is 13.5 Å². The molecule has 1 fully saturated rings. The van der Waals surface area contributed by atoms with Gasteiger partial charge in [0.05, 0.1) is 5.52 Å². The van der Waals surface area contributed by atoms with Gasteiger partial charge >= 0.3 is 0 Å². The predicted molar refractivity (Wildman–Crippen MR) is 104 cm³/mol. The van der Waals surface area contributed by atoms with Gasteiger partial charge in [0.15, 0.2) is 17.2 Å². The van der Waals surface area contributed by atoms with Crippen LogP contribution in [0.25, 0.3) is 11.0 Å². The second-order valence-electron chi connectivity index (χ2n) is 6.78. The summed E-state index contributed by atoms with van der Waals surface area (Å²) in [7, 11) is 1.71. The van der Waals surface area contributed by atoms with Crippen LogP contribution in [0.5, 0.6) is 5.75 Å². The molecule has 4 rings (SSSR count). The molecule has 2 aromatic heterocycles. The number of piperazine rings is 1. The van der Waals surface area contributed by atoms with Gasteiger partial charge in [-0.3, -0.25) is 4.79 Å². The average Bonchev–Trinajstić information content (AvgIpc) is 3.08. The Morgan fingerprint density at radius 3 is 2.45 bits per heavy atom. The Hall–Kier alpha value is -3.21. The highest BCUT2D eigenvalue weighted by molar-refractivity contribution is 5.76. The number of ether oxygens (including phenoxy) is 1. The highest BCUT2D eigenvalue weighted by Gasteiger charge is 2.24. The van der Waals surface area contributed by atoms with Crippen molar-refractivity contribution in [2.45, 2.75) is 0 Å². The lowest BCUT2D eigenvalue weighted by atomic mass is 10.2. The van der Waals surface area contributed by atoms with E-state index in [0.717, 1.165) is 0 Å². The number of anilines is 2. The van der Waals surface area contributed by atoms with Gasteiger partial charge in [0.2, 0.25) is 0 Å².